The molecule has 0 atom stereocenters. The van der Waals surface area contributed by atoms with Crippen LogP contribution in [-0.2, 0) is 5.41 Å². The molecule has 171 valence electrons. The van der Waals surface area contributed by atoms with Gasteiger partial charge < -0.3 is 0 Å². The molecule has 0 saturated carbocycles. The van der Waals surface area contributed by atoms with E-state index in [0.29, 0.717) is 0 Å². The van der Waals surface area contributed by atoms with Crippen molar-refractivity contribution in [3.05, 3.63) is 143 Å². The quantitative estimate of drug-likeness (QED) is 0.293. The second-order valence-corrected chi connectivity index (χ2v) is 10.1. The van der Waals surface area contributed by atoms with E-state index in [1.165, 1.54) is 50.1 Å². The van der Waals surface area contributed by atoms with Crippen molar-refractivity contribution < 1.29 is 0 Å². The Morgan fingerprint density at radius 3 is 1.84 bits per heavy atom. The summed E-state index contributed by atoms with van der Waals surface area (Å²) in [7, 11) is 2.10. The van der Waals surface area contributed by atoms with Crippen LogP contribution in [-0.4, -0.2) is 17.2 Å². The van der Waals surface area contributed by atoms with Gasteiger partial charge in [-0.2, -0.15) is 0 Å². The van der Waals surface area contributed by atoms with Crippen molar-refractivity contribution >= 4 is 29.4 Å². The van der Waals surface area contributed by atoms with Crippen molar-refractivity contribution in [2.24, 2.45) is 0 Å². The predicted octanol–water partition coefficient (Wildman–Crippen LogP) is 5.94. The summed E-state index contributed by atoms with van der Waals surface area (Å²) in [5, 5.41) is 1.07. The molecule has 6 aromatic rings. The van der Waals surface area contributed by atoms with Crippen molar-refractivity contribution in [2.45, 2.75) is 12.3 Å². The van der Waals surface area contributed by atoms with Crippen LogP contribution in [0.3, 0.4) is 0 Å². The fraction of sp³-hybridized carbons (Fsp3) is 0.0588. The van der Waals surface area contributed by atoms with E-state index in [0.717, 1.165) is 22.1 Å². The number of rotatable bonds is 2. The van der Waals surface area contributed by atoms with Crippen LogP contribution in [0.2, 0.25) is 0 Å². The SMILES string of the molecule is Cc1ccc2nc([B]c3ccc4c(c3)C3(c5ccccc5-c5ccccc53)c3ccccc3-4)ncc2c1. The van der Waals surface area contributed by atoms with E-state index in [1.54, 1.807) is 0 Å². The Kier molecular flexibility index (Phi) is 4.19. The number of aromatic nitrogens is 2. The Morgan fingerprint density at radius 2 is 1.19 bits per heavy atom. The molecule has 37 heavy (non-hydrogen) atoms. The van der Waals surface area contributed by atoms with Crippen molar-refractivity contribution in [3.63, 3.8) is 0 Å². The molecule has 1 heterocycles. The van der Waals surface area contributed by atoms with E-state index in [2.05, 4.69) is 128 Å². The van der Waals surface area contributed by atoms with Gasteiger partial charge in [-0.1, -0.05) is 108 Å². The van der Waals surface area contributed by atoms with Gasteiger partial charge in [-0.25, -0.2) is 4.98 Å². The average molecular weight is 469 g/mol. The minimum absolute atomic E-state index is 0.329. The molecule has 0 aliphatic heterocycles. The van der Waals surface area contributed by atoms with E-state index >= 15 is 0 Å². The molecular weight excluding hydrogens is 447 g/mol. The van der Waals surface area contributed by atoms with Crippen molar-refractivity contribution in [2.75, 3.05) is 0 Å². The number of benzene rings is 5. The minimum Gasteiger partial charge on any atom is -0.252 e. The molecular formula is C34H22BN2. The number of fused-ring (bicyclic) bond motifs is 11. The Labute approximate surface area is 216 Å². The molecule has 2 aliphatic rings. The second kappa shape index (κ2) is 7.50. The van der Waals surface area contributed by atoms with E-state index in [4.69, 9.17) is 4.98 Å². The van der Waals surface area contributed by atoms with Crippen LogP contribution in [0.4, 0.5) is 0 Å². The van der Waals surface area contributed by atoms with E-state index in [-0.39, 0.29) is 5.41 Å². The fourth-order valence-electron chi connectivity index (χ4n) is 6.59. The lowest BCUT2D eigenvalue weighted by Gasteiger charge is -2.30. The highest BCUT2D eigenvalue weighted by Crippen LogP contribution is 2.62. The van der Waals surface area contributed by atoms with Crippen LogP contribution in [0.15, 0.2) is 115 Å². The third-order valence-electron chi connectivity index (χ3n) is 8.07. The van der Waals surface area contributed by atoms with Crippen LogP contribution in [0.5, 0.6) is 0 Å². The molecule has 0 amide bonds. The van der Waals surface area contributed by atoms with Gasteiger partial charge in [-0.15, -0.1) is 0 Å². The zero-order valence-electron chi connectivity index (χ0n) is 20.4. The number of aryl methyl sites for hydroxylation is 1. The molecule has 1 spiro atoms. The van der Waals surface area contributed by atoms with Gasteiger partial charge in [0.05, 0.1) is 16.7 Å². The summed E-state index contributed by atoms with van der Waals surface area (Å²) in [4.78, 5) is 9.51. The van der Waals surface area contributed by atoms with Gasteiger partial charge in [0.25, 0.3) is 0 Å². The molecule has 0 fully saturated rings. The highest BCUT2D eigenvalue weighted by Gasteiger charge is 2.51. The fourth-order valence-corrected chi connectivity index (χ4v) is 6.59. The van der Waals surface area contributed by atoms with Crippen molar-refractivity contribution in [1.29, 1.82) is 0 Å². The lowest BCUT2D eigenvalue weighted by molar-refractivity contribution is 0.794. The lowest BCUT2D eigenvalue weighted by Crippen LogP contribution is -2.33. The third kappa shape index (κ3) is 2.77. The van der Waals surface area contributed by atoms with Crippen LogP contribution < -0.4 is 11.2 Å². The Balaban J connectivity index is 1.35. The minimum atomic E-state index is -0.329. The van der Waals surface area contributed by atoms with E-state index in [1.807, 2.05) is 6.20 Å². The van der Waals surface area contributed by atoms with Gasteiger partial charge in [0.15, 0.2) is 0 Å². The molecule has 1 radical (unpaired) electrons. The normalized spacial score (nSPS) is 13.8. The van der Waals surface area contributed by atoms with Crippen molar-refractivity contribution in [3.8, 4) is 22.3 Å². The molecule has 0 unspecified atom stereocenters. The Morgan fingerprint density at radius 1 is 0.595 bits per heavy atom. The molecule has 2 aliphatic carbocycles. The van der Waals surface area contributed by atoms with Crippen LogP contribution in [0, 0.1) is 6.92 Å². The molecule has 0 bridgehead atoms. The van der Waals surface area contributed by atoms with Gasteiger partial charge in [0.1, 0.15) is 0 Å². The van der Waals surface area contributed by atoms with Crippen molar-refractivity contribution in [1.82, 2.24) is 9.97 Å². The number of hydrogen-bond donors (Lipinski definition) is 0. The lowest BCUT2D eigenvalue weighted by atomic mass is 9.65. The summed E-state index contributed by atoms with van der Waals surface area (Å²) in [5.74, 6) is 0. The predicted molar refractivity (Wildman–Crippen MR) is 152 cm³/mol. The smallest absolute Gasteiger partial charge is 0.243 e. The maximum atomic E-state index is 4.84. The summed E-state index contributed by atoms with van der Waals surface area (Å²) in [6, 6.07) is 39.9. The van der Waals surface area contributed by atoms with Crippen LogP contribution in [0.1, 0.15) is 27.8 Å². The zero-order chi connectivity index (χ0) is 24.6. The molecule has 1 aromatic heterocycles. The first-order valence-electron chi connectivity index (χ1n) is 12.8. The highest BCUT2D eigenvalue weighted by atomic mass is 14.8. The maximum absolute atomic E-state index is 4.84. The summed E-state index contributed by atoms with van der Waals surface area (Å²) >= 11 is 0. The number of nitrogens with zero attached hydrogens (tertiary/aromatic N) is 2. The average Bonchev–Trinajstić information content (AvgIpc) is 3.40. The van der Waals surface area contributed by atoms with Gasteiger partial charge in [-0.05, 0) is 63.6 Å². The summed E-state index contributed by atoms with van der Waals surface area (Å²) < 4.78 is 0. The second-order valence-electron chi connectivity index (χ2n) is 10.1. The topological polar surface area (TPSA) is 25.8 Å². The van der Waals surface area contributed by atoms with Gasteiger partial charge in [0.2, 0.25) is 7.28 Å². The Bertz CT molecular complexity index is 1820. The standard InChI is InChI=1S/C34H22BN2/c1-21-14-17-32-22(18-21)20-36-33(37-32)35-23-15-16-27-26-10-4-7-13-30(26)34(31(27)19-23)28-11-5-2-8-24(28)25-9-3-6-12-29(25)34/h2-20H,1H3. The molecule has 2 nitrogen and oxygen atoms in total. The molecule has 0 saturated heterocycles. The van der Waals surface area contributed by atoms with E-state index < -0.39 is 0 Å². The highest BCUT2D eigenvalue weighted by molar-refractivity contribution is 6.65. The number of hydrogen-bond acceptors (Lipinski definition) is 2. The Hall–Kier alpha value is -4.50. The van der Waals surface area contributed by atoms with Gasteiger partial charge >= 0.3 is 0 Å². The summed E-state index contributed by atoms with van der Waals surface area (Å²) in [6.07, 6.45) is 1.93. The molecule has 0 N–H and O–H groups in total. The van der Waals surface area contributed by atoms with E-state index in [9.17, 15) is 0 Å². The molecule has 3 heteroatoms. The largest absolute Gasteiger partial charge is 0.252 e. The maximum Gasteiger partial charge on any atom is 0.243 e. The zero-order valence-corrected chi connectivity index (χ0v) is 20.4. The van der Waals surface area contributed by atoms with Crippen LogP contribution in [0.25, 0.3) is 33.2 Å². The first-order chi connectivity index (χ1) is 18.2. The van der Waals surface area contributed by atoms with Gasteiger partial charge in [0, 0.05) is 11.6 Å². The van der Waals surface area contributed by atoms with Crippen LogP contribution >= 0.6 is 0 Å². The van der Waals surface area contributed by atoms with Gasteiger partial charge in [-0.3, -0.25) is 4.98 Å². The monoisotopic (exact) mass is 469 g/mol. The molecule has 5 aromatic carbocycles. The first kappa shape index (κ1) is 20.7. The first-order valence-corrected chi connectivity index (χ1v) is 12.8. The summed E-state index contributed by atoms with van der Waals surface area (Å²) in [6.45, 7) is 2.09. The summed E-state index contributed by atoms with van der Waals surface area (Å²) in [5.41, 5.74) is 14.4. The third-order valence-corrected chi connectivity index (χ3v) is 8.07. The molecule has 8 rings (SSSR count).